The predicted octanol–water partition coefficient (Wildman–Crippen LogP) is 6.74. The van der Waals surface area contributed by atoms with E-state index < -0.39 is 0 Å². The Hall–Kier alpha value is -0.820. The second kappa shape index (κ2) is 6.97. The Balaban J connectivity index is 1.83. The van der Waals surface area contributed by atoms with Gasteiger partial charge in [-0.25, -0.2) is 4.98 Å². The van der Waals surface area contributed by atoms with Crippen molar-refractivity contribution in [3.63, 3.8) is 0 Å². The Morgan fingerprint density at radius 1 is 1.13 bits per heavy atom. The van der Waals surface area contributed by atoms with Crippen LogP contribution in [0.4, 0.5) is 5.13 Å². The van der Waals surface area contributed by atoms with Gasteiger partial charge in [0.05, 0.1) is 20.6 Å². The second-order valence-corrected chi connectivity index (χ2v) is 8.34. The lowest BCUT2D eigenvalue weighted by Gasteiger charge is -2.04. The van der Waals surface area contributed by atoms with Crippen LogP contribution in [-0.2, 0) is 0 Å². The molecule has 0 saturated carbocycles. The summed E-state index contributed by atoms with van der Waals surface area (Å²) in [7, 11) is 0. The molecular weight excluding hydrogens is 418 g/mol. The van der Waals surface area contributed by atoms with Crippen molar-refractivity contribution in [3.8, 4) is 11.3 Å². The van der Waals surface area contributed by atoms with Crippen LogP contribution in [0.3, 0.4) is 0 Å². The molecule has 0 atom stereocenters. The molecule has 0 aliphatic rings. The summed E-state index contributed by atoms with van der Waals surface area (Å²) in [5, 5.41) is 5.66. The van der Waals surface area contributed by atoms with Gasteiger partial charge in [-0.2, -0.15) is 0 Å². The first-order chi connectivity index (χ1) is 10.9. The fraction of sp³-hybridized carbons (Fsp3) is 0. The monoisotopic (exact) mass is 422 g/mol. The molecule has 2 aromatic heterocycles. The molecular formula is C14H6Cl4N2OS2. The van der Waals surface area contributed by atoms with Gasteiger partial charge in [0, 0.05) is 16.0 Å². The Labute approximate surface area is 159 Å². The molecule has 1 amide bonds. The summed E-state index contributed by atoms with van der Waals surface area (Å²) < 4.78 is 1.13. The molecule has 0 aliphatic heterocycles. The first-order valence-electron chi connectivity index (χ1n) is 6.11. The van der Waals surface area contributed by atoms with E-state index in [0.29, 0.717) is 29.5 Å². The lowest BCUT2D eigenvalue weighted by molar-refractivity contribution is 0.102. The van der Waals surface area contributed by atoms with Crippen molar-refractivity contribution in [3.05, 3.63) is 53.9 Å². The number of aromatic nitrogens is 1. The standard InChI is InChI=1S/C14H6Cl4N2OS2/c15-6-1-2-9(16)7(3-6)13(21)20-14-19-10(5-22-14)8-4-11(17)23-12(8)18/h1-5H,(H,19,20,21). The first kappa shape index (κ1) is 17.0. The number of nitrogens with one attached hydrogen (secondary N) is 1. The molecule has 23 heavy (non-hydrogen) atoms. The fourth-order valence-corrected chi connectivity index (χ4v) is 4.37. The van der Waals surface area contributed by atoms with Crippen LogP contribution in [0, 0.1) is 0 Å². The van der Waals surface area contributed by atoms with Gasteiger partial charge in [-0.3, -0.25) is 10.1 Å². The molecule has 9 heteroatoms. The summed E-state index contributed by atoms with van der Waals surface area (Å²) in [4.78, 5) is 16.6. The Morgan fingerprint density at radius 2 is 1.91 bits per heavy atom. The number of anilines is 1. The van der Waals surface area contributed by atoms with Gasteiger partial charge in [0.1, 0.15) is 4.34 Å². The van der Waals surface area contributed by atoms with E-state index in [1.54, 1.807) is 23.6 Å². The minimum atomic E-state index is -0.382. The third-order valence-electron chi connectivity index (χ3n) is 2.83. The van der Waals surface area contributed by atoms with Gasteiger partial charge in [-0.15, -0.1) is 22.7 Å². The highest BCUT2D eigenvalue weighted by Gasteiger charge is 2.15. The van der Waals surface area contributed by atoms with E-state index >= 15 is 0 Å². The summed E-state index contributed by atoms with van der Waals surface area (Å²) >= 11 is 26.5. The maximum Gasteiger partial charge on any atom is 0.259 e. The summed E-state index contributed by atoms with van der Waals surface area (Å²) in [5.41, 5.74) is 1.67. The van der Waals surface area contributed by atoms with Crippen molar-refractivity contribution in [2.75, 3.05) is 5.32 Å². The third-order valence-corrected chi connectivity index (χ3v) is 5.64. The van der Waals surface area contributed by atoms with Crippen molar-refractivity contribution < 1.29 is 4.79 Å². The molecule has 3 aromatic rings. The van der Waals surface area contributed by atoms with Gasteiger partial charge in [-0.1, -0.05) is 46.4 Å². The average Bonchev–Trinajstić information content (AvgIpc) is 3.07. The molecule has 0 radical (unpaired) electrons. The number of rotatable bonds is 3. The van der Waals surface area contributed by atoms with Gasteiger partial charge < -0.3 is 0 Å². The molecule has 2 heterocycles. The number of hydrogen-bond acceptors (Lipinski definition) is 4. The van der Waals surface area contributed by atoms with Crippen LogP contribution in [0.1, 0.15) is 10.4 Å². The van der Waals surface area contributed by atoms with Gasteiger partial charge in [-0.05, 0) is 24.3 Å². The van der Waals surface area contributed by atoms with Crippen LogP contribution >= 0.6 is 69.1 Å². The van der Waals surface area contributed by atoms with Crippen LogP contribution in [-0.4, -0.2) is 10.9 Å². The lowest BCUT2D eigenvalue weighted by Crippen LogP contribution is -2.12. The number of halogens is 4. The van der Waals surface area contributed by atoms with E-state index in [1.165, 1.54) is 28.7 Å². The maximum absolute atomic E-state index is 12.3. The Morgan fingerprint density at radius 3 is 2.61 bits per heavy atom. The SMILES string of the molecule is O=C(Nc1nc(-c2cc(Cl)sc2Cl)cs1)c1cc(Cl)ccc1Cl. The lowest BCUT2D eigenvalue weighted by atomic mass is 10.2. The van der Waals surface area contributed by atoms with E-state index in [9.17, 15) is 4.79 Å². The van der Waals surface area contributed by atoms with Crippen molar-refractivity contribution in [2.24, 2.45) is 0 Å². The van der Waals surface area contributed by atoms with Gasteiger partial charge in [0.25, 0.3) is 5.91 Å². The summed E-state index contributed by atoms with van der Waals surface area (Å²) in [6.45, 7) is 0. The van der Waals surface area contributed by atoms with E-state index in [0.717, 1.165) is 5.56 Å². The first-order valence-corrected chi connectivity index (χ1v) is 9.32. The van der Waals surface area contributed by atoms with Crippen LogP contribution < -0.4 is 5.32 Å². The zero-order valence-corrected chi connectivity index (χ0v) is 15.7. The van der Waals surface area contributed by atoms with Crippen molar-refractivity contribution in [1.29, 1.82) is 0 Å². The molecule has 0 fully saturated rings. The fourth-order valence-electron chi connectivity index (χ4n) is 1.81. The number of thiophene rings is 1. The van der Waals surface area contributed by atoms with Crippen LogP contribution in [0.15, 0.2) is 29.6 Å². The molecule has 0 aliphatic carbocycles. The minimum absolute atomic E-state index is 0.285. The number of nitrogens with zero attached hydrogens (tertiary/aromatic N) is 1. The van der Waals surface area contributed by atoms with E-state index in [2.05, 4.69) is 10.3 Å². The smallest absolute Gasteiger partial charge is 0.259 e. The van der Waals surface area contributed by atoms with Gasteiger partial charge in [0.15, 0.2) is 5.13 Å². The van der Waals surface area contributed by atoms with Crippen LogP contribution in [0.25, 0.3) is 11.3 Å². The zero-order chi connectivity index (χ0) is 16.6. The minimum Gasteiger partial charge on any atom is -0.298 e. The highest BCUT2D eigenvalue weighted by atomic mass is 35.5. The number of carbonyl (C=O) groups is 1. The molecule has 0 spiro atoms. The number of hydrogen-bond donors (Lipinski definition) is 1. The summed E-state index contributed by atoms with van der Waals surface area (Å²) in [5.74, 6) is -0.382. The number of thiazole rings is 1. The largest absolute Gasteiger partial charge is 0.298 e. The third kappa shape index (κ3) is 3.82. The summed E-state index contributed by atoms with van der Waals surface area (Å²) in [6, 6.07) is 6.43. The topological polar surface area (TPSA) is 42.0 Å². The second-order valence-electron chi connectivity index (χ2n) is 4.35. The van der Waals surface area contributed by atoms with E-state index in [4.69, 9.17) is 46.4 Å². The maximum atomic E-state index is 12.3. The molecule has 0 bridgehead atoms. The molecule has 3 rings (SSSR count). The number of carbonyl (C=O) groups excluding carboxylic acids is 1. The normalized spacial score (nSPS) is 10.8. The van der Waals surface area contributed by atoms with E-state index in [1.807, 2.05) is 0 Å². The number of amides is 1. The van der Waals surface area contributed by atoms with Crippen LogP contribution in [0.5, 0.6) is 0 Å². The van der Waals surface area contributed by atoms with E-state index in [-0.39, 0.29) is 11.5 Å². The van der Waals surface area contributed by atoms with Crippen molar-refractivity contribution >= 4 is 80.1 Å². The Bertz CT molecular complexity index is 891. The van der Waals surface area contributed by atoms with Crippen molar-refractivity contribution in [1.82, 2.24) is 4.98 Å². The predicted molar refractivity (Wildman–Crippen MR) is 99.9 cm³/mol. The van der Waals surface area contributed by atoms with Gasteiger partial charge >= 0.3 is 0 Å². The molecule has 3 nitrogen and oxygen atoms in total. The number of benzene rings is 1. The molecule has 1 aromatic carbocycles. The van der Waals surface area contributed by atoms with Crippen LogP contribution in [0.2, 0.25) is 18.7 Å². The van der Waals surface area contributed by atoms with Crippen molar-refractivity contribution in [2.45, 2.75) is 0 Å². The highest BCUT2D eigenvalue weighted by molar-refractivity contribution is 7.20. The zero-order valence-electron chi connectivity index (χ0n) is 11.1. The highest BCUT2D eigenvalue weighted by Crippen LogP contribution is 2.39. The average molecular weight is 424 g/mol. The molecule has 0 saturated heterocycles. The molecule has 1 N–H and O–H groups in total. The Kier molecular flexibility index (Phi) is 5.16. The molecule has 0 unspecified atom stereocenters. The van der Waals surface area contributed by atoms with Gasteiger partial charge in [0.2, 0.25) is 0 Å². The quantitative estimate of drug-likeness (QED) is 0.506. The summed E-state index contributed by atoms with van der Waals surface area (Å²) in [6.07, 6.45) is 0. The molecule has 118 valence electrons.